The minimum Gasteiger partial charge on any atom is -0.390 e. The molecule has 3 aromatic rings. The van der Waals surface area contributed by atoms with Crippen molar-refractivity contribution in [1.29, 1.82) is 0 Å². The fourth-order valence-electron chi connectivity index (χ4n) is 4.07. The maximum atomic E-state index is 12.5. The van der Waals surface area contributed by atoms with Crippen LogP contribution in [0.15, 0.2) is 65.5 Å². The predicted molar refractivity (Wildman–Crippen MR) is 109 cm³/mol. The van der Waals surface area contributed by atoms with Crippen LogP contribution in [0.3, 0.4) is 0 Å². The molecule has 1 aliphatic heterocycles. The summed E-state index contributed by atoms with van der Waals surface area (Å²) in [7, 11) is 0. The van der Waals surface area contributed by atoms with E-state index in [4.69, 9.17) is 0 Å². The van der Waals surface area contributed by atoms with E-state index in [1.807, 2.05) is 55.5 Å². The average Bonchev–Trinajstić information content (AvgIpc) is 2.66. The Morgan fingerprint density at radius 1 is 1.15 bits per heavy atom. The van der Waals surface area contributed by atoms with Crippen LogP contribution in [0.2, 0.25) is 0 Å². The molecule has 4 rings (SSSR count). The number of aliphatic hydroxyl groups is 1. The Bertz CT molecular complexity index is 978. The van der Waals surface area contributed by atoms with Crippen LogP contribution in [0.5, 0.6) is 0 Å². The predicted octanol–water partition coefficient (Wildman–Crippen LogP) is 3.34. The summed E-state index contributed by atoms with van der Waals surface area (Å²) in [4.78, 5) is 17.8. The van der Waals surface area contributed by atoms with Crippen molar-refractivity contribution in [1.82, 2.24) is 9.88 Å². The van der Waals surface area contributed by atoms with Gasteiger partial charge in [0.15, 0.2) is 0 Å². The molecular formula is C23H26N2O2. The molecule has 2 heterocycles. The van der Waals surface area contributed by atoms with Gasteiger partial charge in [0.1, 0.15) is 0 Å². The second kappa shape index (κ2) is 7.29. The third kappa shape index (κ3) is 3.97. The van der Waals surface area contributed by atoms with Gasteiger partial charge < -0.3 is 10.1 Å². The maximum Gasteiger partial charge on any atom is 0.252 e. The van der Waals surface area contributed by atoms with E-state index in [0.717, 1.165) is 42.4 Å². The van der Waals surface area contributed by atoms with Crippen LogP contribution in [-0.4, -0.2) is 33.7 Å². The number of H-pyrrole nitrogens is 1. The zero-order chi connectivity index (χ0) is 18.9. The Hall–Kier alpha value is -2.43. The lowest BCUT2D eigenvalue weighted by molar-refractivity contribution is -0.0594. The zero-order valence-electron chi connectivity index (χ0n) is 15.7. The van der Waals surface area contributed by atoms with Crippen LogP contribution in [0, 0.1) is 5.92 Å². The lowest BCUT2D eigenvalue weighted by Crippen LogP contribution is -2.51. The Morgan fingerprint density at radius 2 is 1.89 bits per heavy atom. The number of para-hydroxylation sites is 1. The van der Waals surface area contributed by atoms with Crippen molar-refractivity contribution in [3.8, 4) is 0 Å². The monoisotopic (exact) mass is 362 g/mol. The lowest BCUT2D eigenvalue weighted by Gasteiger charge is -2.43. The number of aromatic amines is 1. The van der Waals surface area contributed by atoms with Gasteiger partial charge >= 0.3 is 0 Å². The highest BCUT2D eigenvalue weighted by molar-refractivity contribution is 5.78. The van der Waals surface area contributed by atoms with Gasteiger partial charge in [-0.1, -0.05) is 48.5 Å². The molecule has 2 atom stereocenters. The smallest absolute Gasteiger partial charge is 0.252 e. The van der Waals surface area contributed by atoms with E-state index in [2.05, 4.69) is 22.0 Å². The van der Waals surface area contributed by atoms with Crippen molar-refractivity contribution < 1.29 is 5.11 Å². The molecular weight excluding hydrogens is 336 g/mol. The number of nitrogens with zero attached hydrogens (tertiary/aromatic N) is 1. The average molecular weight is 362 g/mol. The largest absolute Gasteiger partial charge is 0.390 e. The molecule has 0 bridgehead atoms. The van der Waals surface area contributed by atoms with Gasteiger partial charge in [0.25, 0.3) is 5.56 Å². The van der Waals surface area contributed by atoms with E-state index in [1.54, 1.807) is 0 Å². The molecule has 1 aromatic heterocycles. The normalized spacial score (nSPS) is 23.6. The number of rotatable bonds is 4. The maximum absolute atomic E-state index is 12.5. The molecule has 0 radical (unpaired) electrons. The van der Waals surface area contributed by atoms with Crippen molar-refractivity contribution in [3.63, 3.8) is 0 Å². The van der Waals surface area contributed by atoms with Gasteiger partial charge in [-0.25, -0.2) is 0 Å². The molecule has 2 aromatic carbocycles. The second-order valence-corrected chi connectivity index (χ2v) is 7.94. The van der Waals surface area contributed by atoms with Crippen LogP contribution in [0.4, 0.5) is 0 Å². The minimum absolute atomic E-state index is 0.0226. The van der Waals surface area contributed by atoms with Crippen LogP contribution < -0.4 is 5.56 Å². The van der Waals surface area contributed by atoms with E-state index in [9.17, 15) is 9.90 Å². The zero-order valence-corrected chi connectivity index (χ0v) is 15.7. The van der Waals surface area contributed by atoms with Crippen molar-refractivity contribution in [2.75, 3.05) is 13.1 Å². The van der Waals surface area contributed by atoms with Crippen molar-refractivity contribution in [2.24, 2.45) is 5.92 Å². The molecule has 0 spiro atoms. The van der Waals surface area contributed by atoms with E-state index < -0.39 is 5.60 Å². The highest BCUT2D eigenvalue weighted by atomic mass is 16.3. The van der Waals surface area contributed by atoms with Gasteiger partial charge in [-0.15, -0.1) is 0 Å². The van der Waals surface area contributed by atoms with Gasteiger partial charge in [-0.3, -0.25) is 9.69 Å². The summed E-state index contributed by atoms with van der Waals surface area (Å²) in [6.07, 6.45) is 1.56. The standard InChI is InChI=1S/C23H26N2O2/c1-23(27)11-12-25(16-20(23)13-17-7-3-2-4-8-17)15-19-14-18-9-5-6-10-21(18)24-22(19)26/h2-10,14,20,27H,11-13,15-16H2,1H3,(H,24,26)/t20-,23+/m0/s1. The molecule has 1 fully saturated rings. The van der Waals surface area contributed by atoms with Gasteiger partial charge in [0, 0.05) is 36.6 Å². The summed E-state index contributed by atoms with van der Waals surface area (Å²) in [6, 6.07) is 20.2. The fourth-order valence-corrected chi connectivity index (χ4v) is 4.07. The number of fused-ring (bicyclic) bond motifs is 1. The summed E-state index contributed by atoms with van der Waals surface area (Å²) in [5, 5.41) is 11.9. The van der Waals surface area contributed by atoms with Gasteiger partial charge in [0.2, 0.25) is 0 Å². The van der Waals surface area contributed by atoms with E-state index in [1.165, 1.54) is 5.56 Å². The van der Waals surface area contributed by atoms with E-state index in [0.29, 0.717) is 6.54 Å². The number of benzene rings is 2. The number of hydrogen-bond donors (Lipinski definition) is 2. The topological polar surface area (TPSA) is 56.3 Å². The van der Waals surface area contributed by atoms with Crippen LogP contribution >= 0.6 is 0 Å². The van der Waals surface area contributed by atoms with Crippen LogP contribution in [-0.2, 0) is 13.0 Å². The van der Waals surface area contributed by atoms with Gasteiger partial charge in [0.05, 0.1) is 5.60 Å². The number of nitrogens with one attached hydrogen (secondary N) is 1. The molecule has 1 aliphatic rings. The number of pyridine rings is 1. The first-order chi connectivity index (χ1) is 13.0. The summed E-state index contributed by atoms with van der Waals surface area (Å²) in [5.41, 5.74) is 2.20. The minimum atomic E-state index is -0.678. The molecule has 0 amide bonds. The number of likely N-dealkylation sites (tertiary alicyclic amines) is 1. The van der Waals surface area contributed by atoms with Crippen LogP contribution in [0.1, 0.15) is 24.5 Å². The highest BCUT2D eigenvalue weighted by Gasteiger charge is 2.37. The molecule has 2 N–H and O–H groups in total. The Morgan fingerprint density at radius 3 is 2.70 bits per heavy atom. The van der Waals surface area contributed by atoms with E-state index >= 15 is 0 Å². The number of hydrogen-bond acceptors (Lipinski definition) is 3. The molecule has 27 heavy (non-hydrogen) atoms. The summed E-state index contributed by atoms with van der Waals surface area (Å²) in [5.74, 6) is 0.146. The first-order valence-corrected chi connectivity index (χ1v) is 9.61. The van der Waals surface area contributed by atoms with Gasteiger partial charge in [-0.05, 0) is 42.8 Å². The Balaban J connectivity index is 1.53. The summed E-state index contributed by atoms with van der Waals surface area (Å²) in [6.45, 7) is 4.14. The van der Waals surface area contributed by atoms with Gasteiger partial charge in [-0.2, -0.15) is 0 Å². The Labute approximate surface area is 159 Å². The molecule has 1 saturated heterocycles. The molecule has 4 heteroatoms. The van der Waals surface area contributed by atoms with Crippen LogP contribution in [0.25, 0.3) is 10.9 Å². The number of piperidine rings is 1. The number of aromatic nitrogens is 1. The SMILES string of the molecule is C[C@@]1(O)CCN(Cc2cc3ccccc3[nH]c2=O)C[C@@H]1Cc1ccccc1. The van der Waals surface area contributed by atoms with Crippen molar-refractivity contribution in [2.45, 2.75) is 31.9 Å². The molecule has 0 aliphatic carbocycles. The van der Waals surface area contributed by atoms with E-state index in [-0.39, 0.29) is 11.5 Å². The second-order valence-electron chi connectivity index (χ2n) is 7.94. The molecule has 4 nitrogen and oxygen atoms in total. The molecule has 0 unspecified atom stereocenters. The highest BCUT2D eigenvalue weighted by Crippen LogP contribution is 2.31. The Kier molecular flexibility index (Phi) is 4.85. The van der Waals surface area contributed by atoms with Crippen molar-refractivity contribution >= 4 is 10.9 Å². The fraction of sp³-hybridized carbons (Fsp3) is 0.348. The van der Waals surface area contributed by atoms with Crippen molar-refractivity contribution in [3.05, 3.63) is 82.1 Å². The third-order valence-corrected chi connectivity index (χ3v) is 5.84. The molecule has 0 saturated carbocycles. The first kappa shape index (κ1) is 18.0. The summed E-state index contributed by atoms with van der Waals surface area (Å²) < 4.78 is 0. The first-order valence-electron chi connectivity index (χ1n) is 9.61. The summed E-state index contributed by atoms with van der Waals surface area (Å²) >= 11 is 0. The lowest BCUT2D eigenvalue weighted by atomic mass is 9.78. The third-order valence-electron chi connectivity index (χ3n) is 5.84. The quantitative estimate of drug-likeness (QED) is 0.748. The molecule has 140 valence electrons.